The van der Waals surface area contributed by atoms with E-state index >= 15 is 0 Å². The maximum atomic E-state index is 13.8. The molecule has 1 aromatic rings. The van der Waals surface area contributed by atoms with E-state index in [0.29, 0.717) is 11.6 Å². The number of benzene rings is 1. The number of halogens is 2. The van der Waals surface area contributed by atoms with Crippen LogP contribution >= 0.6 is 15.9 Å². The lowest BCUT2D eigenvalue weighted by atomic mass is 9.64. The summed E-state index contributed by atoms with van der Waals surface area (Å²) >= 11 is 3.39. The van der Waals surface area contributed by atoms with E-state index in [0.717, 1.165) is 10.9 Å². The Labute approximate surface area is 122 Å². The second-order valence-electron chi connectivity index (χ2n) is 5.89. The molecule has 0 bridgehead atoms. The van der Waals surface area contributed by atoms with Crippen LogP contribution < -0.4 is 5.32 Å². The van der Waals surface area contributed by atoms with Crippen LogP contribution in [0.15, 0.2) is 22.7 Å². The van der Waals surface area contributed by atoms with Crippen molar-refractivity contribution in [2.45, 2.75) is 45.4 Å². The first-order valence-electron chi connectivity index (χ1n) is 6.60. The van der Waals surface area contributed by atoms with Crippen LogP contribution in [-0.2, 0) is 4.74 Å². The van der Waals surface area contributed by atoms with Gasteiger partial charge in [-0.3, -0.25) is 0 Å². The summed E-state index contributed by atoms with van der Waals surface area (Å²) in [5.41, 5.74) is 0.789. The third-order valence-corrected chi connectivity index (χ3v) is 4.83. The Morgan fingerprint density at radius 3 is 2.74 bits per heavy atom. The third-order valence-electron chi connectivity index (χ3n) is 4.34. The van der Waals surface area contributed by atoms with Gasteiger partial charge in [-0.25, -0.2) is 4.39 Å². The normalized spacial score (nSPS) is 26.8. The molecule has 1 aliphatic rings. The first kappa shape index (κ1) is 14.9. The van der Waals surface area contributed by atoms with Gasteiger partial charge in [-0.2, -0.15) is 0 Å². The van der Waals surface area contributed by atoms with Crippen LogP contribution in [0.4, 0.5) is 4.39 Å². The Morgan fingerprint density at radius 2 is 2.16 bits per heavy atom. The van der Waals surface area contributed by atoms with E-state index < -0.39 is 0 Å². The van der Waals surface area contributed by atoms with Crippen LogP contribution in [0.1, 0.15) is 38.8 Å². The van der Waals surface area contributed by atoms with Gasteiger partial charge in [0.25, 0.3) is 0 Å². The lowest BCUT2D eigenvalue weighted by molar-refractivity contribution is -0.1000. The SMILES string of the molecule is COC1CC(NC(C)c2cc(Br)ccc2F)C1(C)C. The standard InChI is InChI=1S/C15H21BrFNO/c1-9(11-7-10(16)5-6-12(11)17)18-13-8-14(19-4)15(13,2)3/h5-7,9,13-14,18H,8H2,1-4H3. The summed E-state index contributed by atoms with van der Waals surface area (Å²) in [6.45, 7) is 6.37. The maximum absolute atomic E-state index is 13.8. The summed E-state index contributed by atoms with van der Waals surface area (Å²) in [5, 5.41) is 3.51. The van der Waals surface area contributed by atoms with E-state index in [1.165, 1.54) is 6.07 Å². The van der Waals surface area contributed by atoms with Crippen LogP contribution in [0.25, 0.3) is 0 Å². The molecule has 3 unspecified atom stereocenters. The number of ether oxygens (including phenoxy) is 1. The Bertz CT molecular complexity index is 463. The molecule has 1 aliphatic carbocycles. The van der Waals surface area contributed by atoms with Gasteiger partial charge >= 0.3 is 0 Å². The molecule has 0 amide bonds. The van der Waals surface area contributed by atoms with Crippen molar-refractivity contribution in [3.63, 3.8) is 0 Å². The lowest BCUT2D eigenvalue weighted by Crippen LogP contribution is -2.61. The fourth-order valence-corrected chi connectivity index (χ4v) is 3.19. The maximum Gasteiger partial charge on any atom is 0.128 e. The summed E-state index contributed by atoms with van der Waals surface area (Å²) in [5.74, 6) is -0.163. The summed E-state index contributed by atoms with van der Waals surface area (Å²) < 4.78 is 20.2. The predicted octanol–water partition coefficient (Wildman–Crippen LogP) is 4.05. The molecular formula is C15H21BrFNO. The fraction of sp³-hybridized carbons (Fsp3) is 0.600. The summed E-state index contributed by atoms with van der Waals surface area (Å²) in [7, 11) is 1.75. The summed E-state index contributed by atoms with van der Waals surface area (Å²) in [4.78, 5) is 0. The first-order valence-corrected chi connectivity index (χ1v) is 7.39. The van der Waals surface area contributed by atoms with Crippen molar-refractivity contribution in [2.24, 2.45) is 5.41 Å². The largest absolute Gasteiger partial charge is 0.381 e. The van der Waals surface area contributed by atoms with Gasteiger partial charge < -0.3 is 10.1 Å². The Kier molecular flexibility index (Phi) is 4.33. The van der Waals surface area contributed by atoms with Crippen LogP contribution in [0.2, 0.25) is 0 Å². The van der Waals surface area contributed by atoms with E-state index in [4.69, 9.17) is 4.74 Å². The zero-order chi connectivity index (χ0) is 14.2. The molecular weight excluding hydrogens is 309 g/mol. The quantitative estimate of drug-likeness (QED) is 0.899. The number of methoxy groups -OCH3 is 1. The molecule has 0 aromatic heterocycles. The molecule has 2 rings (SSSR count). The van der Waals surface area contributed by atoms with Crippen LogP contribution in [-0.4, -0.2) is 19.3 Å². The number of hydrogen-bond acceptors (Lipinski definition) is 2. The second kappa shape index (κ2) is 5.51. The van der Waals surface area contributed by atoms with E-state index in [1.54, 1.807) is 13.2 Å². The number of rotatable bonds is 4. The van der Waals surface area contributed by atoms with Gasteiger partial charge in [0.2, 0.25) is 0 Å². The molecule has 106 valence electrons. The van der Waals surface area contributed by atoms with Crippen molar-refractivity contribution < 1.29 is 9.13 Å². The minimum absolute atomic E-state index is 0.0143. The van der Waals surface area contributed by atoms with Crippen molar-refractivity contribution in [1.29, 1.82) is 0 Å². The van der Waals surface area contributed by atoms with Gasteiger partial charge in [0.05, 0.1) is 6.10 Å². The monoisotopic (exact) mass is 329 g/mol. The summed E-state index contributed by atoms with van der Waals surface area (Å²) in [6, 6.07) is 5.40. The van der Waals surface area contributed by atoms with Gasteiger partial charge in [0.1, 0.15) is 5.82 Å². The molecule has 0 heterocycles. The highest BCUT2D eigenvalue weighted by atomic mass is 79.9. The highest BCUT2D eigenvalue weighted by molar-refractivity contribution is 9.10. The average molecular weight is 330 g/mol. The van der Waals surface area contributed by atoms with Crippen LogP contribution in [0.5, 0.6) is 0 Å². The van der Waals surface area contributed by atoms with Crippen LogP contribution in [0, 0.1) is 11.2 Å². The van der Waals surface area contributed by atoms with Gasteiger partial charge in [-0.1, -0.05) is 29.8 Å². The van der Waals surface area contributed by atoms with E-state index in [1.807, 2.05) is 13.0 Å². The Balaban J connectivity index is 2.06. The van der Waals surface area contributed by atoms with Crippen molar-refractivity contribution in [1.82, 2.24) is 5.32 Å². The Hall–Kier alpha value is -0.450. The molecule has 0 radical (unpaired) electrons. The van der Waals surface area contributed by atoms with E-state index in [-0.39, 0.29) is 23.4 Å². The molecule has 19 heavy (non-hydrogen) atoms. The minimum Gasteiger partial charge on any atom is -0.381 e. The fourth-order valence-electron chi connectivity index (χ4n) is 2.81. The van der Waals surface area contributed by atoms with Crippen molar-refractivity contribution in [3.8, 4) is 0 Å². The molecule has 1 saturated carbocycles. The van der Waals surface area contributed by atoms with Gasteiger partial charge in [0, 0.05) is 34.6 Å². The van der Waals surface area contributed by atoms with Crippen molar-refractivity contribution >= 4 is 15.9 Å². The van der Waals surface area contributed by atoms with Crippen LogP contribution in [0.3, 0.4) is 0 Å². The highest BCUT2D eigenvalue weighted by Crippen LogP contribution is 2.43. The Morgan fingerprint density at radius 1 is 1.47 bits per heavy atom. The van der Waals surface area contributed by atoms with E-state index in [2.05, 4.69) is 35.1 Å². The molecule has 0 saturated heterocycles. The molecule has 2 nitrogen and oxygen atoms in total. The predicted molar refractivity (Wildman–Crippen MR) is 78.6 cm³/mol. The summed E-state index contributed by atoms with van der Waals surface area (Å²) in [6.07, 6.45) is 1.26. The van der Waals surface area contributed by atoms with Gasteiger partial charge in [-0.15, -0.1) is 0 Å². The number of hydrogen-bond donors (Lipinski definition) is 1. The highest BCUT2D eigenvalue weighted by Gasteiger charge is 2.48. The molecule has 0 aliphatic heterocycles. The average Bonchev–Trinajstić information content (AvgIpc) is 2.36. The van der Waals surface area contributed by atoms with Gasteiger partial charge in [-0.05, 0) is 31.5 Å². The topological polar surface area (TPSA) is 21.3 Å². The molecule has 1 N–H and O–H groups in total. The lowest BCUT2D eigenvalue weighted by Gasteiger charge is -2.52. The molecule has 0 spiro atoms. The molecule has 4 heteroatoms. The zero-order valence-corrected chi connectivity index (χ0v) is 13.4. The third kappa shape index (κ3) is 2.86. The first-order chi connectivity index (χ1) is 8.86. The smallest absolute Gasteiger partial charge is 0.128 e. The molecule has 3 atom stereocenters. The molecule has 1 fully saturated rings. The van der Waals surface area contributed by atoms with Crippen molar-refractivity contribution in [2.75, 3.05) is 7.11 Å². The minimum atomic E-state index is -0.163. The zero-order valence-electron chi connectivity index (χ0n) is 11.8. The van der Waals surface area contributed by atoms with E-state index in [9.17, 15) is 4.39 Å². The van der Waals surface area contributed by atoms with Crippen molar-refractivity contribution in [3.05, 3.63) is 34.1 Å². The second-order valence-corrected chi connectivity index (χ2v) is 6.80. The number of nitrogens with one attached hydrogen (secondary N) is 1. The molecule has 1 aromatic carbocycles. The van der Waals surface area contributed by atoms with Gasteiger partial charge in [0.15, 0.2) is 0 Å².